The largest absolute Gasteiger partial charge is 0.478 e. The summed E-state index contributed by atoms with van der Waals surface area (Å²) in [5, 5.41) is 12.0. The van der Waals surface area contributed by atoms with Gasteiger partial charge in [-0.25, -0.2) is 14.2 Å². The van der Waals surface area contributed by atoms with Gasteiger partial charge in [0.05, 0.1) is 16.6 Å². The number of benzene rings is 2. The molecule has 1 aromatic heterocycles. The van der Waals surface area contributed by atoms with Crippen molar-refractivity contribution in [3.8, 4) is 11.6 Å². The van der Waals surface area contributed by atoms with Gasteiger partial charge in [-0.2, -0.15) is 0 Å². The molecule has 0 aliphatic rings. The van der Waals surface area contributed by atoms with Gasteiger partial charge >= 0.3 is 5.97 Å². The highest BCUT2D eigenvalue weighted by molar-refractivity contribution is 6.30. The van der Waals surface area contributed by atoms with Gasteiger partial charge in [-0.05, 0) is 55.0 Å². The summed E-state index contributed by atoms with van der Waals surface area (Å²) in [6.07, 6.45) is 1.34. The van der Waals surface area contributed by atoms with Gasteiger partial charge in [0.2, 0.25) is 5.88 Å². The number of halogens is 2. The van der Waals surface area contributed by atoms with Crippen molar-refractivity contribution in [3.05, 3.63) is 88.3 Å². The number of aromatic nitrogens is 1. The number of carboxylic acid groups (broad SMARTS) is 1. The van der Waals surface area contributed by atoms with Crippen LogP contribution >= 0.6 is 11.6 Å². The predicted molar refractivity (Wildman–Crippen MR) is 105 cm³/mol. The molecule has 3 rings (SSSR count). The lowest BCUT2D eigenvalue weighted by molar-refractivity contribution is 0.0696. The number of carbonyl (C=O) groups excluding carboxylic acids is 1. The number of rotatable bonds is 6. The SMILES string of the molecule is CC(NC(=O)c1cc(Cl)cnc1Oc1ccc(F)cc1)c1ccc(C(=O)O)cc1. The minimum Gasteiger partial charge on any atom is -0.478 e. The van der Waals surface area contributed by atoms with Gasteiger partial charge in [-0.3, -0.25) is 4.79 Å². The van der Waals surface area contributed by atoms with Crippen LogP contribution in [0.3, 0.4) is 0 Å². The lowest BCUT2D eigenvalue weighted by Gasteiger charge is -2.16. The lowest BCUT2D eigenvalue weighted by atomic mass is 10.1. The fraction of sp³-hybridized carbons (Fsp3) is 0.0952. The molecule has 0 radical (unpaired) electrons. The van der Waals surface area contributed by atoms with Crippen molar-refractivity contribution in [2.75, 3.05) is 0 Å². The van der Waals surface area contributed by atoms with Crippen LogP contribution < -0.4 is 10.1 Å². The maximum absolute atomic E-state index is 13.1. The molecule has 3 aromatic rings. The highest BCUT2D eigenvalue weighted by Crippen LogP contribution is 2.26. The van der Waals surface area contributed by atoms with E-state index in [9.17, 15) is 14.0 Å². The van der Waals surface area contributed by atoms with Gasteiger partial charge in [0.15, 0.2) is 0 Å². The number of ether oxygens (including phenoxy) is 1. The first-order valence-electron chi connectivity index (χ1n) is 8.56. The van der Waals surface area contributed by atoms with E-state index in [0.717, 1.165) is 5.56 Å². The average molecular weight is 415 g/mol. The van der Waals surface area contributed by atoms with Gasteiger partial charge < -0.3 is 15.2 Å². The van der Waals surface area contributed by atoms with Crippen LogP contribution in [0, 0.1) is 5.82 Å². The molecular formula is C21H16ClFN2O4. The molecule has 0 saturated heterocycles. The molecule has 1 amide bonds. The van der Waals surface area contributed by atoms with Gasteiger partial charge in [0.1, 0.15) is 17.1 Å². The molecule has 29 heavy (non-hydrogen) atoms. The van der Waals surface area contributed by atoms with E-state index in [1.165, 1.54) is 48.7 Å². The first-order chi connectivity index (χ1) is 13.8. The summed E-state index contributed by atoms with van der Waals surface area (Å²) < 4.78 is 18.7. The Morgan fingerprint density at radius 2 is 1.79 bits per heavy atom. The van der Waals surface area contributed by atoms with E-state index in [1.54, 1.807) is 19.1 Å². The van der Waals surface area contributed by atoms with Gasteiger partial charge in [0.25, 0.3) is 5.91 Å². The second kappa shape index (κ2) is 8.70. The molecule has 8 heteroatoms. The zero-order chi connectivity index (χ0) is 21.0. The van der Waals surface area contributed by atoms with Crippen LogP contribution in [0.2, 0.25) is 5.02 Å². The maximum atomic E-state index is 13.1. The molecule has 0 aliphatic heterocycles. The molecule has 2 N–H and O–H groups in total. The zero-order valence-corrected chi connectivity index (χ0v) is 16.0. The Hall–Kier alpha value is -3.45. The summed E-state index contributed by atoms with van der Waals surface area (Å²) in [5.41, 5.74) is 0.983. The summed E-state index contributed by atoms with van der Waals surface area (Å²) in [7, 11) is 0. The number of hydrogen-bond donors (Lipinski definition) is 2. The lowest BCUT2D eigenvalue weighted by Crippen LogP contribution is -2.27. The van der Waals surface area contributed by atoms with E-state index in [0.29, 0.717) is 5.75 Å². The van der Waals surface area contributed by atoms with Crippen LogP contribution in [0.25, 0.3) is 0 Å². The highest BCUT2D eigenvalue weighted by Gasteiger charge is 2.19. The minimum absolute atomic E-state index is 0.0203. The molecule has 2 aromatic carbocycles. The van der Waals surface area contributed by atoms with Gasteiger partial charge in [-0.1, -0.05) is 23.7 Å². The van der Waals surface area contributed by atoms with Crippen molar-refractivity contribution >= 4 is 23.5 Å². The molecular weight excluding hydrogens is 399 g/mol. The number of carboxylic acids is 1. The maximum Gasteiger partial charge on any atom is 0.335 e. The van der Waals surface area contributed by atoms with Crippen molar-refractivity contribution in [2.24, 2.45) is 0 Å². The third kappa shape index (κ3) is 5.08. The highest BCUT2D eigenvalue weighted by atomic mass is 35.5. The Morgan fingerprint density at radius 3 is 2.41 bits per heavy atom. The molecule has 1 atom stereocenters. The molecule has 148 valence electrons. The van der Waals surface area contributed by atoms with Crippen molar-refractivity contribution in [3.63, 3.8) is 0 Å². The smallest absolute Gasteiger partial charge is 0.335 e. The Kier molecular flexibility index (Phi) is 6.09. The van der Waals surface area contributed by atoms with Crippen LogP contribution in [0.5, 0.6) is 11.6 Å². The molecule has 0 aliphatic carbocycles. The Balaban J connectivity index is 1.79. The van der Waals surface area contributed by atoms with E-state index < -0.39 is 23.7 Å². The Bertz CT molecular complexity index is 1040. The van der Waals surface area contributed by atoms with E-state index in [-0.39, 0.29) is 22.0 Å². The molecule has 0 bridgehead atoms. The van der Waals surface area contributed by atoms with Crippen LogP contribution in [0.1, 0.15) is 39.2 Å². The number of nitrogens with zero attached hydrogens (tertiary/aromatic N) is 1. The molecule has 1 unspecified atom stereocenters. The molecule has 0 spiro atoms. The molecule has 6 nitrogen and oxygen atoms in total. The van der Waals surface area contributed by atoms with Crippen molar-refractivity contribution < 1.29 is 23.8 Å². The monoisotopic (exact) mass is 414 g/mol. The molecule has 0 saturated carbocycles. The summed E-state index contributed by atoms with van der Waals surface area (Å²) in [4.78, 5) is 27.8. The predicted octanol–water partition coefficient (Wildman–Crippen LogP) is 4.86. The molecule has 1 heterocycles. The van der Waals surface area contributed by atoms with Crippen molar-refractivity contribution in [1.82, 2.24) is 10.3 Å². The van der Waals surface area contributed by atoms with Crippen LogP contribution in [0.15, 0.2) is 60.8 Å². The fourth-order valence-corrected chi connectivity index (χ4v) is 2.71. The number of carbonyl (C=O) groups is 2. The second-order valence-electron chi connectivity index (χ2n) is 6.18. The van der Waals surface area contributed by atoms with Crippen LogP contribution in [0.4, 0.5) is 4.39 Å². The van der Waals surface area contributed by atoms with E-state index in [1.807, 2.05) is 0 Å². The van der Waals surface area contributed by atoms with E-state index in [4.69, 9.17) is 21.4 Å². The van der Waals surface area contributed by atoms with Crippen molar-refractivity contribution in [1.29, 1.82) is 0 Å². The summed E-state index contributed by atoms with van der Waals surface area (Å²) in [6, 6.07) is 12.5. The normalized spacial score (nSPS) is 11.6. The topological polar surface area (TPSA) is 88.5 Å². The summed E-state index contributed by atoms with van der Waals surface area (Å²) in [5.74, 6) is -1.59. The first-order valence-corrected chi connectivity index (χ1v) is 8.94. The third-order valence-electron chi connectivity index (χ3n) is 4.10. The number of pyridine rings is 1. The summed E-state index contributed by atoms with van der Waals surface area (Å²) >= 11 is 5.98. The van der Waals surface area contributed by atoms with Gasteiger partial charge in [-0.15, -0.1) is 0 Å². The Labute approximate surface area is 170 Å². The quantitative estimate of drug-likeness (QED) is 0.601. The second-order valence-corrected chi connectivity index (χ2v) is 6.62. The Morgan fingerprint density at radius 1 is 1.14 bits per heavy atom. The first kappa shape index (κ1) is 20.3. The summed E-state index contributed by atoms with van der Waals surface area (Å²) in [6.45, 7) is 1.76. The van der Waals surface area contributed by atoms with E-state index >= 15 is 0 Å². The number of aromatic carboxylic acids is 1. The van der Waals surface area contributed by atoms with Crippen molar-refractivity contribution in [2.45, 2.75) is 13.0 Å². The van der Waals surface area contributed by atoms with Crippen LogP contribution in [-0.4, -0.2) is 22.0 Å². The average Bonchev–Trinajstić information content (AvgIpc) is 2.71. The zero-order valence-electron chi connectivity index (χ0n) is 15.2. The fourth-order valence-electron chi connectivity index (χ4n) is 2.56. The number of hydrogen-bond acceptors (Lipinski definition) is 4. The third-order valence-corrected chi connectivity index (χ3v) is 4.30. The number of amides is 1. The number of nitrogens with one attached hydrogen (secondary N) is 1. The van der Waals surface area contributed by atoms with Gasteiger partial charge in [0, 0.05) is 6.20 Å². The van der Waals surface area contributed by atoms with Crippen LogP contribution in [-0.2, 0) is 0 Å². The standard InChI is InChI=1S/C21H16ClFN2O4/c1-12(13-2-4-14(5-3-13)21(27)28)25-19(26)18-10-15(22)11-24-20(18)29-17-8-6-16(23)7-9-17/h2-12H,1H3,(H,25,26)(H,27,28). The van der Waals surface area contributed by atoms with E-state index in [2.05, 4.69) is 10.3 Å². The minimum atomic E-state index is -1.03. The molecule has 0 fully saturated rings.